The van der Waals surface area contributed by atoms with Gasteiger partial charge in [-0.25, -0.2) is 0 Å². The molecule has 1 aliphatic rings. The number of nitrogens with two attached hydrogens (primary N) is 2. The molecular weight excluding hydrogens is 278 g/mol. The maximum Gasteiger partial charge on any atom is 0.289 e. The normalized spacial score (nSPS) is 14.1. The van der Waals surface area contributed by atoms with Crippen LogP contribution in [0.4, 0.5) is 5.00 Å². The highest BCUT2D eigenvalue weighted by Crippen LogP contribution is 2.35. The second-order valence-corrected chi connectivity index (χ2v) is 5.70. The van der Waals surface area contributed by atoms with E-state index in [2.05, 4.69) is 0 Å². The molecule has 0 unspecified atom stereocenters. The zero-order valence-electron chi connectivity index (χ0n) is 10.6. The first-order valence-corrected chi connectivity index (χ1v) is 6.92. The molecule has 20 heavy (non-hydrogen) atoms. The minimum Gasteiger partial charge on any atom is -0.459 e. The van der Waals surface area contributed by atoms with Gasteiger partial charge in [-0.1, -0.05) is 0 Å². The number of furan rings is 1. The summed E-state index contributed by atoms with van der Waals surface area (Å²) in [5, 5.41) is 0.426. The van der Waals surface area contributed by atoms with Gasteiger partial charge in [0.1, 0.15) is 0 Å². The number of hydrogen-bond donors (Lipinski definition) is 2. The minimum atomic E-state index is -0.509. The lowest BCUT2D eigenvalue weighted by molar-refractivity contribution is 0.0704. The van der Waals surface area contributed by atoms with Crippen molar-refractivity contribution in [1.29, 1.82) is 0 Å². The summed E-state index contributed by atoms with van der Waals surface area (Å²) >= 11 is 1.32. The average molecular weight is 291 g/mol. The second kappa shape index (κ2) is 4.68. The van der Waals surface area contributed by atoms with Crippen LogP contribution in [-0.4, -0.2) is 23.3 Å². The number of carbonyl (C=O) groups excluding carboxylic acids is 2. The average Bonchev–Trinajstić information content (AvgIpc) is 3.02. The van der Waals surface area contributed by atoms with E-state index >= 15 is 0 Å². The fourth-order valence-electron chi connectivity index (χ4n) is 2.42. The Kier molecular flexibility index (Phi) is 2.98. The SMILES string of the molecule is NC(=O)c1c(N)sc2c1CCN(C(=O)c1ccco1)C2. The standard InChI is InChI=1S/C13H13N3O3S/c14-11(17)10-7-3-4-16(6-9(7)20-12(10)15)13(18)8-2-1-5-19-8/h1-2,5H,3-4,6,15H2,(H2,14,17). The second-order valence-electron chi connectivity index (χ2n) is 4.56. The van der Waals surface area contributed by atoms with Gasteiger partial charge in [0.15, 0.2) is 5.76 Å². The van der Waals surface area contributed by atoms with Crippen LogP contribution in [0.5, 0.6) is 0 Å². The lowest BCUT2D eigenvalue weighted by Crippen LogP contribution is -2.35. The van der Waals surface area contributed by atoms with Crippen LogP contribution in [0.1, 0.15) is 31.4 Å². The van der Waals surface area contributed by atoms with Crippen molar-refractivity contribution in [3.63, 3.8) is 0 Å². The molecule has 4 N–H and O–H groups in total. The lowest BCUT2D eigenvalue weighted by atomic mass is 10.0. The molecule has 0 radical (unpaired) electrons. The van der Waals surface area contributed by atoms with Crippen molar-refractivity contribution in [3.05, 3.63) is 40.2 Å². The van der Waals surface area contributed by atoms with Crippen molar-refractivity contribution in [2.24, 2.45) is 5.73 Å². The molecule has 3 heterocycles. The molecular formula is C13H13N3O3S. The minimum absolute atomic E-state index is 0.159. The van der Waals surface area contributed by atoms with Crippen LogP contribution in [0.3, 0.4) is 0 Å². The summed E-state index contributed by atoms with van der Waals surface area (Å²) in [7, 11) is 0. The fraction of sp³-hybridized carbons (Fsp3) is 0.231. The van der Waals surface area contributed by atoms with Crippen LogP contribution in [-0.2, 0) is 13.0 Å². The Hall–Kier alpha value is -2.28. The molecule has 2 aromatic rings. The highest BCUT2D eigenvalue weighted by Gasteiger charge is 2.29. The molecule has 104 valence electrons. The van der Waals surface area contributed by atoms with Crippen LogP contribution in [0.2, 0.25) is 0 Å². The van der Waals surface area contributed by atoms with E-state index in [0.29, 0.717) is 35.8 Å². The zero-order chi connectivity index (χ0) is 14.3. The summed E-state index contributed by atoms with van der Waals surface area (Å²) < 4.78 is 5.12. The molecule has 0 fully saturated rings. The van der Waals surface area contributed by atoms with Crippen molar-refractivity contribution < 1.29 is 14.0 Å². The van der Waals surface area contributed by atoms with E-state index in [1.165, 1.54) is 17.6 Å². The summed E-state index contributed by atoms with van der Waals surface area (Å²) in [6.07, 6.45) is 2.05. The molecule has 0 spiro atoms. The summed E-state index contributed by atoms with van der Waals surface area (Å²) in [5.41, 5.74) is 12.5. The maximum absolute atomic E-state index is 12.2. The van der Waals surface area contributed by atoms with Gasteiger partial charge in [0.25, 0.3) is 11.8 Å². The molecule has 7 heteroatoms. The Morgan fingerprint density at radius 3 is 2.85 bits per heavy atom. The van der Waals surface area contributed by atoms with E-state index in [1.54, 1.807) is 17.0 Å². The molecule has 0 aliphatic carbocycles. The number of thiophene rings is 1. The molecule has 3 rings (SSSR count). The van der Waals surface area contributed by atoms with Crippen LogP contribution >= 0.6 is 11.3 Å². The van der Waals surface area contributed by atoms with Gasteiger partial charge in [0.2, 0.25) is 0 Å². The number of anilines is 1. The third-order valence-corrected chi connectivity index (χ3v) is 4.40. The Morgan fingerprint density at radius 1 is 1.40 bits per heavy atom. The summed E-state index contributed by atoms with van der Waals surface area (Å²) in [6.45, 7) is 0.944. The molecule has 0 saturated heterocycles. The Bertz CT molecular complexity index is 675. The van der Waals surface area contributed by atoms with Gasteiger partial charge in [-0.3, -0.25) is 9.59 Å². The molecule has 6 nitrogen and oxygen atoms in total. The first kappa shape index (κ1) is 12.7. The van der Waals surface area contributed by atoms with Crippen LogP contribution < -0.4 is 11.5 Å². The van der Waals surface area contributed by atoms with Crippen LogP contribution in [0.15, 0.2) is 22.8 Å². The Balaban J connectivity index is 1.88. The number of nitrogens with zero attached hydrogens (tertiary/aromatic N) is 1. The quantitative estimate of drug-likeness (QED) is 0.868. The maximum atomic E-state index is 12.2. The van der Waals surface area contributed by atoms with Gasteiger partial charge in [-0.05, 0) is 24.1 Å². The van der Waals surface area contributed by atoms with E-state index in [9.17, 15) is 9.59 Å². The molecule has 0 aromatic carbocycles. The third kappa shape index (κ3) is 1.96. The van der Waals surface area contributed by atoms with Gasteiger partial charge in [0, 0.05) is 11.4 Å². The van der Waals surface area contributed by atoms with Gasteiger partial charge in [-0.2, -0.15) is 0 Å². The molecule has 1 aliphatic heterocycles. The van der Waals surface area contributed by atoms with Gasteiger partial charge < -0.3 is 20.8 Å². The smallest absolute Gasteiger partial charge is 0.289 e. The highest BCUT2D eigenvalue weighted by molar-refractivity contribution is 7.16. The number of carbonyl (C=O) groups is 2. The summed E-state index contributed by atoms with van der Waals surface area (Å²) in [4.78, 5) is 26.2. The molecule has 2 aromatic heterocycles. The third-order valence-electron chi connectivity index (χ3n) is 3.35. The van der Waals surface area contributed by atoms with Gasteiger partial charge in [-0.15, -0.1) is 11.3 Å². The number of primary amides is 1. The largest absolute Gasteiger partial charge is 0.459 e. The van der Waals surface area contributed by atoms with E-state index in [1.807, 2.05) is 0 Å². The number of rotatable bonds is 2. The summed E-state index contributed by atoms with van der Waals surface area (Å²) in [5.74, 6) is -0.354. The molecule has 0 bridgehead atoms. The number of hydrogen-bond acceptors (Lipinski definition) is 5. The Morgan fingerprint density at radius 2 is 2.20 bits per heavy atom. The van der Waals surface area contributed by atoms with Crippen molar-refractivity contribution in [1.82, 2.24) is 4.90 Å². The summed E-state index contributed by atoms with van der Waals surface area (Å²) in [6, 6.07) is 3.31. The van der Waals surface area contributed by atoms with E-state index < -0.39 is 5.91 Å². The van der Waals surface area contributed by atoms with Crippen molar-refractivity contribution in [2.75, 3.05) is 12.3 Å². The van der Waals surface area contributed by atoms with E-state index in [-0.39, 0.29) is 5.91 Å². The highest BCUT2D eigenvalue weighted by atomic mass is 32.1. The van der Waals surface area contributed by atoms with Crippen LogP contribution in [0.25, 0.3) is 0 Å². The van der Waals surface area contributed by atoms with E-state index in [0.717, 1.165) is 10.4 Å². The number of nitrogen functional groups attached to an aromatic ring is 1. The van der Waals surface area contributed by atoms with E-state index in [4.69, 9.17) is 15.9 Å². The fourth-order valence-corrected chi connectivity index (χ4v) is 3.56. The van der Waals surface area contributed by atoms with Crippen molar-refractivity contribution >= 4 is 28.2 Å². The first-order valence-electron chi connectivity index (χ1n) is 6.10. The first-order chi connectivity index (χ1) is 9.58. The van der Waals surface area contributed by atoms with Gasteiger partial charge in [0.05, 0.1) is 23.4 Å². The predicted molar refractivity (Wildman–Crippen MR) is 74.4 cm³/mol. The Labute approximate surface area is 119 Å². The topological polar surface area (TPSA) is 103 Å². The van der Waals surface area contributed by atoms with Crippen molar-refractivity contribution in [3.8, 4) is 0 Å². The number of fused-ring (bicyclic) bond motifs is 1. The van der Waals surface area contributed by atoms with Crippen molar-refractivity contribution in [2.45, 2.75) is 13.0 Å². The number of amides is 2. The predicted octanol–water partition coefficient (Wildman–Crippen LogP) is 1.22. The molecule has 0 saturated carbocycles. The molecule has 0 atom stereocenters. The van der Waals surface area contributed by atoms with Crippen LogP contribution in [0, 0.1) is 0 Å². The van der Waals surface area contributed by atoms with Gasteiger partial charge >= 0.3 is 0 Å². The zero-order valence-corrected chi connectivity index (χ0v) is 11.4. The molecule has 2 amide bonds. The lowest BCUT2D eigenvalue weighted by Gasteiger charge is -2.26. The monoisotopic (exact) mass is 291 g/mol.